The molecule has 0 radical (unpaired) electrons. The van der Waals surface area contributed by atoms with Gasteiger partial charge in [-0.15, -0.1) is 0 Å². The number of hydrazone groups is 1. The second-order valence-corrected chi connectivity index (χ2v) is 8.71. The van der Waals surface area contributed by atoms with Crippen molar-refractivity contribution in [3.63, 3.8) is 0 Å². The fourth-order valence-electron chi connectivity index (χ4n) is 4.37. The van der Waals surface area contributed by atoms with E-state index in [2.05, 4.69) is 18.9 Å². The zero-order valence-electron chi connectivity index (χ0n) is 17.9. The molecule has 1 fully saturated rings. The van der Waals surface area contributed by atoms with Gasteiger partial charge in [0.1, 0.15) is 11.9 Å². The van der Waals surface area contributed by atoms with Gasteiger partial charge in [-0.25, -0.2) is 0 Å². The topological polar surface area (TPSA) is 62.1 Å². The predicted molar refractivity (Wildman–Crippen MR) is 116 cm³/mol. The molecule has 5 heteroatoms. The number of aliphatic hydroxyl groups is 1. The molecule has 1 N–H and O–H groups in total. The molecule has 2 aliphatic rings. The molecule has 0 saturated carbocycles. The number of fused-ring (bicyclic) bond motifs is 1. The normalized spacial score (nSPS) is 28.2. The third-order valence-corrected chi connectivity index (χ3v) is 6.16. The van der Waals surface area contributed by atoms with E-state index < -0.39 is 11.0 Å². The number of hydrogen-bond acceptors (Lipinski definition) is 5. The Kier molecular flexibility index (Phi) is 6.39. The minimum Gasteiger partial charge on any atom is -0.382 e. The van der Waals surface area contributed by atoms with E-state index in [-0.39, 0.29) is 0 Å². The Hall–Kier alpha value is -2.24. The minimum atomic E-state index is -1.16. The van der Waals surface area contributed by atoms with Gasteiger partial charge in [0.15, 0.2) is 0 Å². The van der Waals surface area contributed by atoms with Crippen molar-refractivity contribution in [2.45, 2.75) is 51.7 Å². The first-order chi connectivity index (χ1) is 13.8. The molecule has 0 bridgehead atoms. The number of hydrogen-bond donors (Lipinski definition) is 1. The first-order valence-electron chi connectivity index (χ1n) is 10.3. The van der Waals surface area contributed by atoms with Gasteiger partial charge in [0.05, 0.1) is 18.4 Å². The summed E-state index contributed by atoms with van der Waals surface area (Å²) >= 11 is 0. The summed E-state index contributed by atoms with van der Waals surface area (Å²) in [5, 5.41) is 19.0. The molecule has 3 rings (SSSR count). The van der Waals surface area contributed by atoms with Gasteiger partial charge in [0, 0.05) is 31.1 Å². The molecule has 0 amide bonds. The standard InChI is InChI=1S/C24H32N2O3/c1-18(12-15-27)11-13-24(28)21-10-6-5-9-20(21)22(16-23(24,2)3)25-26-14-7-8-19(26)17-29-4/h5-6,9-13,15,19,28H,7-8,14,16-17H2,1-4H3/b13-11+,18-12-,25-22+/t19-,24-/m1/s1. The number of carbonyl (C=O) groups excluding carboxylic acids is 1. The molecule has 0 spiro atoms. The molecular weight excluding hydrogens is 364 g/mol. The third-order valence-electron chi connectivity index (χ3n) is 6.16. The van der Waals surface area contributed by atoms with E-state index in [9.17, 15) is 9.90 Å². The molecule has 5 nitrogen and oxygen atoms in total. The maximum absolute atomic E-state index is 11.8. The molecule has 29 heavy (non-hydrogen) atoms. The number of nitrogens with zero attached hydrogens (tertiary/aromatic N) is 2. The predicted octanol–water partition coefficient (Wildman–Crippen LogP) is 3.82. The second-order valence-electron chi connectivity index (χ2n) is 8.71. The molecule has 1 aromatic rings. The molecule has 0 unspecified atom stereocenters. The van der Waals surface area contributed by atoms with Crippen molar-refractivity contribution in [1.29, 1.82) is 0 Å². The Bertz CT molecular complexity index is 840. The summed E-state index contributed by atoms with van der Waals surface area (Å²) in [7, 11) is 1.73. The van der Waals surface area contributed by atoms with E-state index in [4.69, 9.17) is 9.84 Å². The average Bonchev–Trinajstić information content (AvgIpc) is 3.12. The smallest absolute Gasteiger partial charge is 0.143 e. The summed E-state index contributed by atoms with van der Waals surface area (Å²) < 4.78 is 5.37. The highest BCUT2D eigenvalue weighted by atomic mass is 16.5. The van der Waals surface area contributed by atoms with Gasteiger partial charge in [-0.3, -0.25) is 9.80 Å². The van der Waals surface area contributed by atoms with Crippen LogP contribution in [0, 0.1) is 5.41 Å². The van der Waals surface area contributed by atoms with Crippen molar-refractivity contribution >= 4 is 12.0 Å². The van der Waals surface area contributed by atoms with E-state index >= 15 is 0 Å². The highest BCUT2D eigenvalue weighted by molar-refractivity contribution is 6.03. The first kappa shape index (κ1) is 21.5. The molecule has 1 saturated heterocycles. The van der Waals surface area contributed by atoms with E-state index in [1.807, 2.05) is 43.3 Å². The number of rotatable bonds is 6. The van der Waals surface area contributed by atoms with Crippen LogP contribution in [-0.4, -0.2) is 48.4 Å². The number of ether oxygens (including phenoxy) is 1. The molecule has 156 valence electrons. The van der Waals surface area contributed by atoms with E-state index in [1.54, 1.807) is 7.11 Å². The molecule has 1 aliphatic heterocycles. The van der Waals surface area contributed by atoms with Crippen LogP contribution in [0.3, 0.4) is 0 Å². The summed E-state index contributed by atoms with van der Waals surface area (Å²) in [6.45, 7) is 7.60. The minimum absolute atomic E-state index is 0.305. The van der Waals surface area contributed by atoms with E-state index in [0.29, 0.717) is 19.1 Å². The zero-order chi connectivity index (χ0) is 21.1. The van der Waals surface area contributed by atoms with Crippen molar-refractivity contribution in [2.75, 3.05) is 20.3 Å². The van der Waals surface area contributed by atoms with Crippen LogP contribution >= 0.6 is 0 Å². The van der Waals surface area contributed by atoms with Gasteiger partial charge in [0.25, 0.3) is 0 Å². The van der Waals surface area contributed by atoms with Gasteiger partial charge >= 0.3 is 0 Å². The highest BCUT2D eigenvalue weighted by Gasteiger charge is 2.49. The van der Waals surface area contributed by atoms with E-state index in [1.165, 1.54) is 6.08 Å². The summed E-state index contributed by atoms with van der Waals surface area (Å²) in [4.78, 5) is 10.8. The van der Waals surface area contributed by atoms with Gasteiger partial charge < -0.3 is 9.84 Å². The summed E-state index contributed by atoms with van der Waals surface area (Å²) in [5.74, 6) is 0. The Morgan fingerprint density at radius 3 is 2.86 bits per heavy atom. The lowest BCUT2D eigenvalue weighted by Gasteiger charge is -2.46. The third kappa shape index (κ3) is 4.21. The molecule has 1 aliphatic carbocycles. The summed E-state index contributed by atoms with van der Waals surface area (Å²) in [6, 6.07) is 8.27. The van der Waals surface area contributed by atoms with Crippen LogP contribution in [-0.2, 0) is 15.1 Å². The average molecular weight is 397 g/mol. The fourth-order valence-corrected chi connectivity index (χ4v) is 4.37. The highest BCUT2D eigenvalue weighted by Crippen LogP contribution is 2.49. The maximum atomic E-state index is 11.8. The lowest BCUT2D eigenvalue weighted by atomic mass is 9.62. The van der Waals surface area contributed by atoms with Crippen LogP contribution in [0.4, 0.5) is 0 Å². The monoisotopic (exact) mass is 396 g/mol. The first-order valence-corrected chi connectivity index (χ1v) is 10.3. The Morgan fingerprint density at radius 2 is 2.14 bits per heavy atom. The fraction of sp³-hybridized carbons (Fsp3) is 0.500. The Balaban J connectivity index is 2.05. The lowest BCUT2D eigenvalue weighted by Crippen LogP contribution is -2.47. The number of carbonyl (C=O) groups is 1. The van der Waals surface area contributed by atoms with Gasteiger partial charge in [-0.05, 0) is 43.1 Å². The number of benzene rings is 1. The van der Waals surface area contributed by atoms with Crippen molar-refractivity contribution < 1.29 is 14.6 Å². The molecular formula is C24H32N2O3. The van der Waals surface area contributed by atoms with Crippen LogP contribution in [0.5, 0.6) is 0 Å². The van der Waals surface area contributed by atoms with Crippen LogP contribution in [0.2, 0.25) is 0 Å². The SMILES string of the molecule is COC[C@H]1CCCN1/N=C1\CC(C)(C)[C@@](O)(/C=C/C(C)=C\C=O)c2ccccc21. The molecule has 1 aromatic carbocycles. The maximum Gasteiger partial charge on any atom is 0.143 e. The van der Waals surface area contributed by atoms with Crippen LogP contribution < -0.4 is 0 Å². The van der Waals surface area contributed by atoms with Gasteiger partial charge in [-0.1, -0.05) is 44.2 Å². The quantitative estimate of drug-likeness (QED) is 0.451. The van der Waals surface area contributed by atoms with Crippen LogP contribution in [0.25, 0.3) is 0 Å². The van der Waals surface area contributed by atoms with Crippen molar-refractivity contribution in [3.05, 3.63) is 59.2 Å². The molecule has 1 heterocycles. The van der Waals surface area contributed by atoms with Crippen molar-refractivity contribution in [1.82, 2.24) is 5.01 Å². The van der Waals surface area contributed by atoms with Crippen LogP contribution in [0.1, 0.15) is 51.2 Å². The second kappa shape index (κ2) is 8.64. The molecule has 0 aromatic heterocycles. The number of allylic oxidation sites excluding steroid dienone is 3. The number of methoxy groups -OCH3 is 1. The summed E-state index contributed by atoms with van der Waals surface area (Å²) in [6.07, 6.45) is 8.76. The van der Waals surface area contributed by atoms with Gasteiger partial charge in [-0.2, -0.15) is 5.10 Å². The Morgan fingerprint density at radius 1 is 1.38 bits per heavy atom. The van der Waals surface area contributed by atoms with E-state index in [0.717, 1.165) is 48.1 Å². The number of aldehydes is 1. The van der Waals surface area contributed by atoms with Crippen molar-refractivity contribution in [2.24, 2.45) is 10.5 Å². The molecule has 2 atom stereocenters. The largest absolute Gasteiger partial charge is 0.382 e. The van der Waals surface area contributed by atoms with Crippen molar-refractivity contribution in [3.8, 4) is 0 Å². The van der Waals surface area contributed by atoms with Crippen LogP contribution in [0.15, 0.2) is 53.2 Å². The van der Waals surface area contributed by atoms with Gasteiger partial charge in [0.2, 0.25) is 0 Å². The lowest BCUT2D eigenvalue weighted by molar-refractivity contribution is -0.104. The zero-order valence-corrected chi connectivity index (χ0v) is 17.9. The summed E-state index contributed by atoms with van der Waals surface area (Å²) in [5.41, 5.74) is 2.03. The Labute approximate surface area is 173 Å².